The summed E-state index contributed by atoms with van der Waals surface area (Å²) >= 11 is 0. The number of hydrogen-bond acceptors (Lipinski definition) is 1. The zero-order valence-electron chi connectivity index (χ0n) is 10.3. The highest BCUT2D eigenvalue weighted by Crippen LogP contribution is 2.32. The summed E-state index contributed by atoms with van der Waals surface area (Å²) in [6.45, 7) is 2.68. The molecule has 1 aliphatic rings. The van der Waals surface area contributed by atoms with Crippen molar-refractivity contribution in [2.24, 2.45) is 0 Å². The van der Waals surface area contributed by atoms with Crippen molar-refractivity contribution < 1.29 is 4.74 Å². The van der Waals surface area contributed by atoms with Crippen LogP contribution < -0.4 is 10.1 Å². The molecule has 89 valence electrons. The molecule has 0 fully saturated rings. The van der Waals surface area contributed by atoms with Crippen molar-refractivity contribution in [1.29, 1.82) is 0 Å². The van der Waals surface area contributed by atoms with Gasteiger partial charge in [-0.05, 0) is 43.3 Å². The average molecular weight is 236 g/mol. The second-order valence-corrected chi connectivity index (χ2v) is 4.16. The summed E-state index contributed by atoms with van der Waals surface area (Å²) < 4.78 is 5.44. The van der Waals surface area contributed by atoms with Crippen LogP contribution in [0.1, 0.15) is 18.1 Å². The summed E-state index contributed by atoms with van der Waals surface area (Å²) in [5.41, 5.74) is 4.36. The minimum absolute atomic E-state index is 0.692. The molecular formula is C16H14NO. The van der Waals surface area contributed by atoms with Gasteiger partial charge in [0.25, 0.3) is 0 Å². The lowest BCUT2D eigenvalue weighted by molar-refractivity contribution is 0.340. The van der Waals surface area contributed by atoms with Crippen LogP contribution in [-0.2, 0) is 0 Å². The highest BCUT2D eigenvalue weighted by atomic mass is 16.5. The van der Waals surface area contributed by atoms with Gasteiger partial charge in [0.05, 0.1) is 18.0 Å². The SMILES string of the molecule is CCOc1ccc(C2=Cc3ccccc3[N]2)cc1. The second kappa shape index (κ2) is 4.57. The van der Waals surface area contributed by atoms with E-state index in [2.05, 4.69) is 17.5 Å². The van der Waals surface area contributed by atoms with E-state index in [1.54, 1.807) is 0 Å². The Morgan fingerprint density at radius 1 is 1.00 bits per heavy atom. The third-order valence-corrected chi connectivity index (χ3v) is 2.93. The van der Waals surface area contributed by atoms with Crippen molar-refractivity contribution in [3.63, 3.8) is 0 Å². The molecule has 1 heterocycles. The van der Waals surface area contributed by atoms with Crippen LogP contribution in [0.5, 0.6) is 5.75 Å². The number of nitrogens with zero attached hydrogens (tertiary/aromatic N) is 1. The van der Waals surface area contributed by atoms with Crippen LogP contribution in [0.3, 0.4) is 0 Å². The number of para-hydroxylation sites is 1. The molecule has 0 bridgehead atoms. The predicted molar refractivity (Wildman–Crippen MR) is 73.7 cm³/mol. The molecule has 0 amide bonds. The monoisotopic (exact) mass is 236 g/mol. The fourth-order valence-corrected chi connectivity index (χ4v) is 2.06. The van der Waals surface area contributed by atoms with Gasteiger partial charge in [-0.15, -0.1) is 0 Å². The lowest BCUT2D eigenvalue weighted by Gasteiger charge is -2.05. The van der Waals surface area contributed by atoms with E-state index in [0.717, 1.165) is 22.7 Å². The summed E-state index contributed by atoms with van der Waals surface area (Å²) in [5, 5.41) is 4.62. The average Bonchev–Trinajstić information content (AvgIpc) is 2.84. The molecule has 1 radical (unpaired) electrons. The lowest BCUT2D eigenvalue weighted by Crippen LogP contribution is -1.94. The Bertz CT molecular complexity index is 584. The number of rotatable bonds is 3. The zero-order chi connectivity index (χ0) is 12.4. The topological polar surface area (TPSA) is 23.3 Å². The van der Waals surface area contributed by atoms with Crippen LogP contribution in [-0.4, -0.2) is 6.61 Å². The number of benzene rings is 2. The van der Waals surface area contributed by atoms with Gasteiger partial charge in [0.1, 0.15) is 5.75 Å². The summed E-state index contributed by atoms with van der Waals surface area (Å²) in [6, 6.07) is 16.2. The molecule has 0 aromatic heterocycles. The molecule has 2 nitrogen and oxygen atoms in total. The van der Waals surface area contributed by atoms with Crippen molar-refractivity contribution in [2.45, 2.75) is 6.92 Å². The number of hydrogen-bond donors (Lipinski definition) is 0. The van der Waals surface area contributed by atoms with E-state index < -0.39 is 0 Å². The molecule has 0 saturated carbocycles. The molecule has 0 unspecified atom stereocenters. The fourth-order valence-electron chi connectivity index (χ4n) is 2.06. The zero-order valence-corrected chi connectivity index (χ0v) is 10.3. The van der Waals surface area contributed by atoms with Crippen LogP contribution in [0.4, 0.5) is 5.69 Å². The van der Waals surface area contributed by atoms with Crippen molar-refractivity contribution in [1.82, 2.24) is 5.32 Å². The summed E-state index contributed by atoms with van der Waals surface area (Å²) in [5.74, 6) is 0.900. The third kappa shape index (κ3) is 1.97. The molecular weight excluding hydrogens is 222 g/mol. The Kier molecular flexibility index (Phi) is 2.77. The third-order valence-electron chi connectivity index (χ3n) is 2.93. The Morgan fingerprint density at radius 3 is 2.50 bits per heavy atom. The first-order chi connectivity index (χ1) is 8.86. The molecule has 3 rings (SSSR count). The first-order valence-corrected chi connectivity index (χ1v) is 6.12. The van der Waals surface area contributed by atoms with Crippen LogP contribution >= 0.6 is 0 Å². The maximum absolute atomic E-state index is 5.44. The van der Waals surface area contributed by atoms with E-state index in [1.807, 2.05) is 49.4 Å². The second-order valence-electron chi connectivity index (χ2n) is 4.16. The molecule has 1 aliphatic heterocycles. The molecule has 2 heteroatoms. The van der Waals surface area contributed by atoms with Gasteiger partial charge in [0.2, 0.25) is 0 Å². The minimum Gasteiger partial charge on any atom is -0.494 e. The summed E-state index contributed by atoms with van der Waals surface area (Å²) in [7, 11) is 0. The van der Waals surface area contributed by atoms with Gasteiger partial charge in [-0.1, -0.05) is 18.2 Å². The number of ether oxygens (including phenoxy) is 1. The van der Waals surface area contributed by atoms with Gasteiger partial charge >= 0.3 is 0 Å². The van der Waals surface area contributed by atoms with Gasteiger partial charge in [0.15, 0.2) is 0 Å². The highest BCUT2D eigenvalue weighted by molar-refractivity contribution is 5.91. The van der Waals surface area contributed by atoms with E-state index in [4.69, 9.17) is 4.74 Å². The Balaban J connectivity index is 1.85. The molecule has 2 aromatic rings. The van der Waals surface area contributed by atoms with E-state index >= 15 is 0 Å². The first kappa shape index (κ1) is 10.9. The fraction of sp³-hybridized carbons (Fsp3) is 0.125. The van der Waals surface area contributed by atoms with Gasteiger partial charge in [-0.3, -0.25) is 0 Å². The summed E-state index contributed by atoms with van der Waals surface area (Å²) in [4.78, 5) is 0. The highest BCUT2D eigenvalue weighted by Gasteiger charge is 2.14. The standard InChI is InChI=1S/C16H14NO/c1-2-18-14-9-7-12(8-10-14)16-11-13-5-3-4-6-15(13)17-16/h3-11H,2H2,1H3. The van der Waals surface area contributed by atoms with E-state index in [1.165, 1.54) is 5.56 Å². The molecule has 0 aliphatic carbocycles. The van der Waals surface area contributed by atoms with Crippen LogP contribution in [0.25, 0.3) is 11.8 Å². The van der Waals surface area contributed by atoms with Gasteiger partial charge in [0, 0.05) is 11.1 Å². The van der Waals surface area contributed by atoms with Crippen LogP contribution in [0.15, 0.2) is 48.5 Å². The minimum atomic E-state index is 0.692. The summed E-state index contributed by atoms with van der Waals surface area (Å²) in [6.07, 6.45) is 2.12. The Hall–Kier alpha value is -2.22. The largest absolute Gasteiger partial charge is 0.494 e. The maximum atomic E-state index is 5.44. The van der Waals surface area contributed by atoms with Crippen LogP contribution in [0, 0.1) is 0 Å². The predicted octanol–water partition coefficient (Wildman–Crippen LogP) is 3.83. The van der Waals surface area contributed by atoms with E-state index in [-0.39, 0.29) is 0 Å². The van der Waals surface area contributed by atoms with Gasteiger partial charge in [-0.25, -0.2) is 5.32 Å². The van der Waals surface area contributed by atoms with Crippen LogP contribution in [0.2, 0.25) is 0 Å². The quantitative estimate of drug-likeness (QED) is 0.794. The van der Waals surface area contributed by atoms with Gasteiger partial charge < -0.3 is 4.74 Å². The molecule has 18 heavy (non-hydrogen) atoms. The van der Waals surface area contributed by atoms with Crippen molar-refractivity contribution in [3.05, 3.63) is 59.7 Å². The molecule has 0 saturated heterocycles. The lowest BCUT2D eigenvalue weighted by atomic mass is 10.1. The smallest absolute Gasteiger partial charge is 0.119 e. The number of fused-ring (bicyclic) bond motifs is 1. The van der Waals surface area contributed by atoms with Crippen molar-refractivity contribution in [3.8, 4) is 5.75 Å². The molecule has 0 atom stereocenters. The normalized spacial score (nSPS) is 12.6. The Morgan fingerprint density at radius 2 is 1.78 bits per heavy atom. The molecule has 0 spiro atoms. The van der Waals surface area contributed by atoms with E-state index in [9.17, 15) is 0 Å². The Labute approximate surface area is 107 Å². The van der Waals surface area contributed by atoms with E-state index in [0.29, 0.717) is 6.61 Å². The maximum Gasteiger partial charge on any atom is 0.119 e. The van der Waals surface area contributed by atoms with Crippen molar-refractivity contribution >= 4 is 17.5 Å². The first-order valence-electron chi connectivity index (χ1n) is 6.12. The molecule has 0 N–H and O–H groups in total. The van der Waals surface area contributed by atoms with Gasteiger partial charge in [-0.2, -0.15) is 0 Å². The van der Waals surface area contributed by atoms with Crippen molar-refractivity contribution in [2.75, 3.05) is 6.61 Å². The molecule has 2 aromatic carbocycles.